The van der Waals surface area contributed by atoms with Crippen molar-refractivity contribution in [2.24, 2.45) is 10.4 Å². The van der Waals surface area contributed by atoms with Crippen molar-refractivity contribution in [2.75, 3.05) is 39.3 Å². The van der Waals surface area contributed by atoms with E-state index < -0.39 is 0 Å². The Hall–Kier alpha value is -0.800. The summed E-state index contributed by atoms with van der Waals surface area (Å²) in [4.78, 5) is 7.32. The van der Waals surface area contributed by atoms with Crippen molar-refractivity contribution in [3.8, 4) is 0 Å². The maximum absolute atomic E-state index is 9.55. The van der Waals surface area contributed by atoms with Gasteiger partial charge in [-0.05, 0) is 56.8 Å². The molecule has 0 spiro atoms. The minimum atomic E-state index is 0. The van der Waals surface area contributed by atoms with Gasteiger partial charge in [0.1, 0.15) is 5.76 Å². The number of halogens is 1. The molecular formula is C22H41IN4O2. The lowest BCUT2D eigenvalue weighted by atomic mass is 9.72. The average molecular weight is 521 g/mol. The van der Waals surface area contributed by atoms with Crippen LogP contribution in [0.25, 0.3) is 0 Å². The lowest BCUT2D eigenvalue weighted by molar-refractivity contribution is 0.137. The highest BCUT2D eigenvalue weighted by molar-refractivity contribution is 14.0. The van der Waals surface area contributed by atoms with Crippen LogP contribution >= 0.6 is 24.0 Å². The molecule has 0 aromatic carbocycles. The summed E-state index contributed by atoms with van der Waals surface area (Å²) in [5.74, 6) is 1.84. The van der Waals surface area contributed by atoms with Gasteiger partial charge in [-0.25, -0.2) is 0 Å². The molecule has 6 nitrogen and oxygen atoms in total. The van der Waals surface area contributed by atoms with Gasteiger partial charge >= 0.3 is 0 Å². The predicted octanol–water partition coefficient (Wildman–Crippen LogP) is 4.17. The van der Waals surface area contributed by atoms with Crippen LogP contribution in [0.2, 0.25) is 0 Å². The second-order valence-corrected chi connectivity index (χ2v) is 7.86. The number of aliphatic hydroxyl groups is 1. The van der Waals surface area contributed by atoms with Crippen LogP contribution in [0.15, 0.2) is 27.8 Å². The molecule has 0 bridgehead atoms. The minimum Gasteiger partial charge on any atom is -0.468 e. The van der Waals surface area contributed by atoms with Gasteiger partial charge in [0.05, 0.1) is 12.3 Å². The maximum Gasteiger partial charge on any atom is 0.191 e. The molecule has 1 saturated carbocycles. The van der Waals surface area contributed by atoms with Crippen LogP contribution in [0.4, 0.5) is 0 Å². The molecule has 0 radical (unpaired) electrons. The Kier molecular flexibility index (Phi) is 12.9. The van der Waals surface area contributed by atoms with E-state index in [0.29, 0.717) is 0 Å². The summed E-state index contributed by atoms with van der Waals surface area (Å²) in [6.45, 7) is 11.0. The molecule has 1 aliphatic rings. The fourth-order valence-corrected chi connectivity index (χ4v) is 4.36. The van der Waals surface area contributed by atoms with Crippen molar-refractivity contribution in [3.63, 3.8) is 0 Å². The summed E-state index contributed by atoms with van der Waals surface area (Å²) in [6.07, 6.45) is 8.75. The van der Waals surface area contributed by atoms with E-state index in [1.165, 1.54) is 32.1 Å². The Morgan fingerprint density at radius 2 is 1.93 bits per heavy atom. The first-order valence-electron chi connectivity index (χ1n) is 11.1. The minimum absolute atomic E-state index is 0. The largest absolute Gasteiger partial charge is 0.468 e. The van der Waals surface area contributed by atoms with E-state index in [9.17, 15) is 5.11 Å². The summed E-state index contributed by atoms with van der Waals surface area (Å²) >= 11 is 0. The Labute approximate surface area is 193 Å². The maximum atomic E-state index is 9.55. The Balaban J connectivity index is 0.00000420. The first kappa shape index (κ1) is 26.2. The third-order valence-electron chi connectivity index (χ3n) is 6.06. The number of nitrogens with one attached hydrogen (secondary N) is 2. The second kappa shape index (κ2) is 14.2. The molecule has 1 aliphatic carbocycles. The zero-order valence-electron chi connectivity index (χ0n) is 18.5. The van der Waals surface area contributed by atoms with Crippen LogP contribution in [0, 0.1) is 5.41 Å². The van der Waals surface area contributed by atoms with E-state index in [0.717, 1.165) is 50.9 Å². The standard InChI is InChI=1S/C22H40N4O2.HI/c1-4-23-21(25-18-22(14-15-27)12-8-7-9-13-22)24-17-19(26(5-2)6-3)20-11-10-16-28-20;/h10-11,16,19,27H,4-9,12-15,17-18H2,1-3H3,(H2,23,24,25);1H. The van der Waals surface area contributed by atoms with E-state index in [4.69, 9.17) is 9.41 Å². The van der Waals surface area contributed by atoms with Crippen molar-refractivity contribution in [2.45, 2.75) is 65.3 Å². The number of guanidine groups is 1. The molecule has 1 fully saturated rings. The molecule has 1 unspecified atom stereocenters. The highest BCUT2D eigenvalue weighted by Crippen LogP contribution is 2.39. The molecule has 7 heteroatoms. The molecule has 1 aromatic rings. The van der Waals surface area contributed by atoms with Crippen molar-refractivity contribution >= 4 is 29.9 Å². The summed E-state index contributed by atoms with van der Waals surface area (Å²) in [7, 11) is 0. The van der Waals surface area contributed by atoms with Gasteiger partial charge in [0, 0.05) is 26.2 Å². The molecular weight excluding hydrogens is 479 g/mol. The molecule has 0 saturated heterocycles. The SMILES string of the molecule is CCNC(=NCC1(CCO)CCCCC1)NCC(c1ccco1)N(CC)CC.I. The number of furan rings is 1. The molecule has 3 N–H and O–H groups in total. The van der Waals surface area contributed by atoms with Gasteiger partial charge in [0.25, 0.3) is 0 Å². The van der Waals surface area contributed by atoms with Crippen LogP contribution in [0.5, 0.6) is 0 Å². The van der Waals surface area contributed by atoms with Crippen LogP contribution in [0.3, 0.4) is 0 Å². The smallest absolute Gasteiger partial charge is 0.191 e. The molecule has 0 amide bonds. The lowest BCUT2D eigenvalue weighted by Crippen LogP contribution is -2.44. The van der Waals surface area contributed by atoms with Gasteiger partial charge in [0.2, 0.25) is 0 Å². The third-order valence-corrected chi connectivity index (χ3v) is 6.06. The molecule has 168 valence electrons. The summed E-state index contributed by atoms with van der Waals surface area (Å²) < 4.78 is 5.71. The van der Waals surface area contributed by atoms with Crippen molar-refractivity contribution in [1.29, 1.82) is 0 Å². The molecule has 1 aromatic heterocycles. The van der Waals surface area contributed by atoms with Crippen LogP contribution in [-0.4, -0.2) is 55.3 Å². The van der Waals surface area contributed by atoms with Gasteiger partial charge in [-0.2, -0.15) is 0 Å². The summed E-state index contributed by atoms with van der Waals surface area (Å²) in [5.41, 5.74) is 0.161. The second-order valence-electron chi connectivity index (χ2n) is 7.86. The Bertz CT molecular complexity index is 550. The monoisotopic (exact) mass is 520 g/mol. The highest BCUT2D eigenvalue weighted by Gasteiger charge is 2.31. The van der Waals surface area contributed by atoms with Crippen LogP contribution in [-0.2, 0) is 0 Å². The zero-order chi connectivity index (χ0) is 20.2. The number of hydrogen-bond acceptors (Lipinski definition) is 4. The van der Waals surface area contributed by atoms with E-state index in [1.54, 1.807) is 6.26 Å². The highest BCUT2D eigenvalue weighted by atomic mass is 127. The Morgan fingerprint density at radius 3 is 2.48 bits per heavy atom. The third kappa shape index (κ3) is 8.09. The Morgan fingerprint density at radius 1 is 1.21 bits per heavy atom. The fraction of sp³-hybridized carbons (Fsp3) is 0.773. The first-order chi connectivity index (χ1) is 13.7. The number of aliphatic hydroxyl groups excluding tert-OH is 1. The molecule has 0 aliphatic heterocycles. The number of likely N-dealkylation sites (N-methyl/N-ethyl adjacent to an activating group) is 1. The van der Waals surface area contributed by atoms with E-state index in [-0.39, 0.29) is 42.0 Å². The zero-order valence-corrected chi connectivity index (χ0v) is 20.8. The van der Waals surface area contributed by atoms with Gasteiger partial charge < -0.3 is 20.2 Å². The fourth-order valence-electron chi connectivity index (χ4n) is 4.36. The molecule has 1 atom stereocenters. The quantitative estimate of drug-likeness (QED) is 0.232. The number of hydrogen-bond donors (Lipinski definition) is 3. The number of aliphatic imine (C=N–C) groups is 1. The van der Waals surface area contributed by atoms with Gasteiger partial charge in [-0.15, -0.1) is 24.0 Å². The van der Waals surface area contributed by atoms with Crippen molar-refractivity contribution in [3.05, 3.63) is 24.2 Å². The summed E-state index contributed by atoms with van der Waals surface area (Å²) in [5, 5.41) is 16.5. The van der Waals surface area contributed by atoms with E-state index >= 15 is 0 Å². The van der Waals surface area contributed by atoms with Crippen LogP contribution in [0.1, 0.15) is 71.1 Å². The van der Waals surface area contributed by atoms with Gasteiger partial charge in [-0.1, -0.05) is 33.1 Å². The van der Waals surface area contributed by atoms with Gasteiger partial charge in [-0.3, -0.25) is 9.89 Å². The number of nitrogens with zero attached hydrogens (tertiary/aromatic N) is 2. The average Bonchev–Trinajstić information content (AvgIpc) is 3.24. The summed E-state index contributed by atoms with van der Waals surface area (Å²) in [6, 6.07) is 4.18. The first-order valence-corrected chi connectivity index (χ1v) is 11.1. The van der Waals surface area contributed by atoms with Crippen molar-refractivity contribution in [1.82, 2.24) is 15.5 Å². The molecule has 2 rings (SSSR count). The topological polar surface area (TPSA) is 73.0 Å². The van der Waals surface area contributed by atoms with E-state index in [2.05, 4.69) is 36.3 Å². The van der Waals surface area contributed by atoms with Gasteiger partial charge in [0.15, 0.2) is 5.96 Å². The van der Waals surface area contributed by atoms with Crippen molar-refractivity contribution < 1.29 is 9.52 Å². The van der Waals surface area contributed by atoms with E-state index in [1.807, 2.05) is 12.1 Å². The predicted molar refractivity (Wildman–Crippen MR) is 131 cm³/mol. The van der Waals surface area contributed by atoms with Crippen LogP contribution < -0.4 is 10.6 Å². The molecule has 1 heterocycles. The number of rotatable bonds is 11. The lowest BCUT2D eigenvalue weighted by Gasteiger charge is -2.36. The normalized spacial score (nSPS) is 17.6. The molecule has 29 heavy (non-hydrogen) atoms.